The fourth-order valence-corrected chi connectivity index (χ4v) is 2.20. The summed E-state index contributed by atoms with van der Waals surface area (Å²) in [5.41, 5.74) is 1.10. The minimum absolute atomic E-state index is 0.0496. The van der Waals surface area contributed by atoms with Crippen LogP contribution in [0.1, 0.15) is 13.3 Å². The zero-order valence-electron chi connectivity index (χ0n) is 14.4. The second kappa shape index (κ2) is 8.77. The molecule has 0 spiro atoms. The van der Waals surface area contributed by atoms with Crippen LogP contribution in [0.4, 0.5) is 0 Å². The van der Waals surface area contributed by atoms with Gasteiger partial charge in [-0.15, -0.1) is 0 Å². The zero-order valence-corrected chi connectivity index (χ0v) is 14.4. The van der Waals surface area contributed by atoms with Gasteiger partial charge in [-0.1, -0.05) is 37.3 Å². The molecular weight excluding hydrogens is 320 g/mol. The Balaban J connectivity index is 2.07. The largest absolute Gasteiger partial charge is 0.355 e. The van der Waals surface area contributed by atoms with E-state index in [4.69, 9.17) is 0 Å². The molecule has 1 aromatic carbocycles. The van der Waals surface area contributed by atoms with Crippen molar-refractivity contribution < 1.29 is 9.59 Å². The van der Waals surface area contributed by atoms with Crippen LogP contribution in [-0.2, 0) is 16.1 Å². The van der Waals surface area contributed by atoms with Crippen molar-refractivity contribution >= 4 is 11.8 Å². The molecule has 2 amide bonds. The first kappa shape index (κ1) is 18.4. The van der Waals surface area contributed by atoms with E-state index < -0.39 is 0 Å². The van der Waals surface area contributed by atoms with Crippen molar-refractivity contribution in [3.8, 4) is 11.3 Å². The summed E-state index contributed by atoms with van der Waals surface area (Å²) < 4.78 is 1.12. The van der Waals surface area contributed by atoms with Crippen molar-refractivity contribution in [3.05, 3.63) is 52.8 Å². The predicted octanol–water partition coefficient (Wildman–Crippen LogP) is 0.895. The fraction of sp³-hybridized carbons (Fsp3) is 0.333. The Bertz CT molecular complexity index is 786. The van der Waals surface area contributed by atoms with Crippen molar-refractivity contribution in [3.63, 3.8) is 0 Å². The number of hydrogen-bond donors (Lipinski definition) is 1. The summed E-state index contributed by atoms with van der Waals surface area (Å²) in [6, 6.07) is 12.4. The molecule has 0 aliphatic rings. The van der Waals surface area contributed by atoms with Gasteiger partial charge in [0, 0.05) is 25.2 Å². The number of carbonyl (C=O) groups excluding carboxylic acids is 2. The van der Waals surface area contributed by atoms with Gasteiger partial charge in [-0.25, -0.2) is 4.68 Å². The average molecular weight is 342 g/mol. The highest BCUT2D eigenvalue weighted by Crippen LogP contribution is 2.13. The molecule has 132 valence electrons. The van der Waals surface area contributed by atoms with Crippen molar-refractivity contribution in [1.82, 2.24) is 20.0 Å². The summed E-state index contributed by atoms with van der Waals surface area (Å²) in [7, 11) is 1.53. The Kier molecular flexibility index (Phi) is 6.45. The molecule has 0 aliphatic carbocycles. The normalized spacial score (nSPS) is 10.3. The highest BCUT2D eigenvalue weighted by atomic mass is 16.2. The number of benzene rings is 1. The van der Waals surface area contributed by atoms with E-state index >= 15 is 0 Å². The Hall–Kier alpha value is -2.96. The van der Waals surface area contributed by atoms with Crippen molar-refractivity contribution in [2.75, 3.05) is 20.1 Å². The van der Waals surface area contributed by atoms with Gasteiger partial charge in [0.2, 0.25) is 11.8 Å². The van der Waals surface area contributed by atoms with E-state index in [1.54, 1.807) is 6.07 Å². The van der Waals surface area contributed by atoms with Crippen LogP contribution in [0.3, 0.4) is 0 Å². The van der Waals surface area contributed by atoms with E-state index in [1.165, 1.54) is 18.0 Å². The molecule has 0 saturated carbocycles. The summed E-state index contributed by atoms with van der Waals surface area (Å²) in [6.07, 6.45) is 0.828. The molecule has 25 heavy (non-hydrogen) atoms. The molecule has 0 radical (unpaired) electrons. The van der Waals surface area contributed by atoms with E-state index in [-0.39, 0.29) is 30.5 Å². The Labute approximate surface area is 146 Å². The molecule has 7 heteroatoms. The lowest BCUT2D eigenvalue weighted by atomic mass is 10.1. The molecule has 1 aromatic heterocycles. The maximum absolute atomic E-state index is 12.3. The standard InChI is InChI=1S/C18H22N4O3/c1-3-11-19-16(23)12-21(2)18(25)13-22-17(24)10-9-15(20-22)14-7-5-4-6-8-14/h4-10H,3,11-13H2,1-2H3,(H,19,23). The van der Waals surface area contributed by atoms with Crippen molar-refractivity contribution in [2.24, 2.45) is 0 Å². The highest BCUT2D eigenvalue weighted by molar-refractivity contribution is 5.84. The molecular formula is C18H22N4O3. The number of nitrogens with zero attached hydrogens (tertiary/aromatic N) is 3. The molecule has 2 rings (SSSR count). The van der Waals surface area contributed by atoms with Crippen LogP contribution < -0.4 is 10.9 Å². The van der Waals surface area contributed by atoms with E-state index in [9.17, 15) is 14.4 Å². The quantitative estimate of drug-likeness (QED) is 0.810. The molecule has 7 nitrogen and oxygen atoms in total. The van der Waals surface area contributed by atoms with Gasteiger partial charge in [0.25, 0.3) is 5.56 Å². The maximum Gasteiger partial charge on any atom is 0.267 e. The van der Waals surface area contributed by atoms with Gasteiger partial charge in [-0.3, -0.25) is 14.4 Å². The third-order valence-corrected chi connectivity index (χ3v) is 3.60. The van der Waals surface area contributed by atoms with Crippen LogP contribution in [0.5, 0.6) is 0 Å². The summed E-state index contributed by atoms with van der Waals surface area (Å²) >= 11 is 0. The van der Waals surface area contributed by atoms with Crippen LogP contribution in [0.25, 0.3) is 11.3 Å². The Morgan fingerprint density at radius 1 is 1.16 bits per heavy atom. The van der Waals surface area contributed by atoms with Crippen LogP contribution in [0.2, 0.25) is 0 Å². The van der Waals surface area contributed by atoms with Gasteiger partial charge >= 0.3 is 0 Å². The average Bonchev–Trinajstić information content (AvgIpc) is 2.62. The number of nitrogens with one attached hydrogen (secondary N) is 1. The third kappa shape index (κ3) is 5.27. The lowest BCUT2D eigenvalue weighted by Crippen LogP contribution is -2.41. The summed E-state index contributed by atoms with van der Waals surface area (Å²) in [5.74, 6) is -0.581. The van der Waals surface area contributed by atoms with Crippen molar-refractivity contribution in [1.29, 1.82) is 0 Å². The van der Waals surface area contributed by atoms with Crippen molar-refractivity contribution in [2.45, 2.75) is 19.9 Å². The number of likely N-dealkylation sites (N-methyl/N-ethyl adjacent to an activating group) is 1. The maximum atomic E-state index is 12.3. The Morgan fingerprint density at radius 3 is 2.56 bits per heavy atom. The first-order valence-corrected chi connectivity index (χ1v) is 8.15. The second-order valence-corrected chi connectivity index (χ2v) is 5.68. The van der Waals surface area contributed by atoms with E-state index in [1.807, 2.05) is 37.3 Å². The molecule has 0 fully saturated rings. The minimum Gasteiger partial charge on any atom is -0.355 e. The molecule has 0 atom stereocenters. The number of hydrogen-bond acceptors (Lipinski definition) is 4. The first-order valence-electron chi connectivity index (χ1n) is 8.15. The SMILES string of the molecule is CCCNC(=O)CN(C)C(=O)Cn1nc(-c2ccccc2)ccc1=O. The van der Waals surface area contributed by atoms with Gasteiger partial charge < -0.3 is 10.2 Å². The smallest absolute Gasteiger partial charge is 0.267 e. The van der Waals surface area contributed by atoms with Gasteiger partial charge in [-0.2, -0.15) is 5.10 Å². The number of amides is 2. The molecule has 1 N–H and O–H groups in total. The van der Waals surface area contributed by atoms with Gasteiger partial charge in [0.05, 0.1) is 12.2 Å². The van der Waals surface area contributed by atoms with Gasteiger partial charge in [0.15, 0.2) is 0 Å². The molecule has 1 heterocycles. The number of rotatable bonds is 7. The van der Waals surface area contributed by atoms with Crippen LogP contribution in [0.15, 0.2) is 47.3 Å². The third-order valence-electron chi connectivity index (χ3n) is 3.60. The van der Waals surface area contributed by atoms with Crippen LogP contribution in [-0.4, -0.2) is 46.6 Å². The molecule has 0 aliphatic heterocycles. The monoisotopic (exact) mass is 342 g/mol. The summed E-state index contributed by atoms with van der Waals surface area (Å²) in [6.45, 7) is 2.26. The van der Waals surface area contributed by atoms with Crippen LogP contribution >= 0.6 is 0 Å². The van der Waals surface area contributed by atoms with Gasteiger partial charge in [0.1, 0.15) is 6.54 Å². The summed E-state index contributed by atoms with van der Waals surface area (Å²) in [4.78, 5) is 37.2. The molecule has 0 bridgehead atoms. The predicted molar refractivity (Wildman–Crippen MR) is 94.9 cm³/mol. The highest BCUT2D eigenvalue weighted by Gasteiger charge is 2.15. The van der Waals surface area contributed by atoms with E-state index in [0.29, 0.717) is 12.2 Å². The second-order valence-electron chi connectivity index (χ2n) is 5.68. The first-order chi connectivity index (χ1) is 12.0. The lowest BCUT2D eigenvalue weighted by molar-refractivity contribution is -0.135. The number of carbonyl (C=O) groups is 2. The van der Waals surface area contributed by atoms with Crippen LogP contribution in [0, 0.1) is 0 Å². The number of aromatic nitrogens is 2. The Morgan fingerprint density at radius 2 is 1.88 bits per heavy atom. The topological polar surface area (TPSA) is 84.3 Å². The fourth-order valence-electron chi connectivity index (χ4n) is 2.20. The lowest BCUT2D eigenvalue weighted by Gasteiger charge is -2.17. The zero-order chi connectivity index (χ0) is 18.2. The van der Waals surface area contributed by atoms with Gasteiger partial charge in [-0.05, 0) is 12.5 Å². The molecule has 2 aromatic rings. The van der Waals surface area contributed by atoms with E-state index in [0.717, 1.165) is 16.7 Å². The summed E-state index contributed by atoms with van der Waals surface area (Å²) in [5, 5.41) is 6.96. The molecule has 0 unspecified atom stereocenters. The van der Waals surface area contributed by atoms with E-state index in [2.05, 4.69) is 10.4 Å². The molecule has 0 saturated heterocycles. The minimum atomic E-state index is -0.364.